The van der Waals surface area contributed by atoms with Crippen molar-refractivity contribution >= 4 is 0 Å². The Morgan fingerprint density at radius 2 is 1.87 bits per heavy atom. The van der Waals surface area contributed by atoms with Crippen LogP contribution in [-0.4, -0.2) is 22.0 Å². The van der Waals surface area contributed by atoms with Crippen molar-refractivity contribution in [2.45, 2.75) is 37.8 Å². The van der Waals surface area contributed by atoms with E-state index in [1.165, 1.54) is 43.4 Å². The summed E-state index contributed by atoms with van der Waals surface area (Å²) >= 11 is 0. The first-order valence-corrected chi connectivity index (χ1v) is 6.05. The maximum Gasteiger partial charge on any atom is 0.117 e. The molecule has 1 aliphatic carbocycles. The molecule has 0 amide bonds. The van der Waals surface area contributed by atoms with Crippen molar-refractivity contribution in [3.63, 3.8) is 0 Å². The molecule has 0 N–H and O–H groups in total. The van der Waals surface area contributed by atoms with Gasteiger partial charge in [-0.3, -0.25) is 0 Å². The number of hydrogen-bond donors (Lipinski definition) is 0. The summed E-state index contributed by atoms with van der Waals surface area (Å²) in [5, 5.41) is 0. The van der Waals surface area contributed by atoms with Crippen LogP contribution in [0.5, 0.6) is 0 Å². The van der Waals surface area contributed by atoms with Crippen LogP contribution >= 0.6 is 0 Å². The zero-order valence-electron chi connectivity index (χ0n) is 8.95. The van der Waals surface area contributed by atoms with Gasteiger partial charge in [-0.05, 0) is 37.3 Å². The molecule has 0 unspecified atom stereocenters. The van der Waals surface area contributed by atoms with Gasteiger partial charge in [-0.25, -0.2) is 0 Å². The molecule has 3 heterocycles. The van der Waals surface area contributed by atoms with E-state index in [2.05, 4.69) is 34.4 Å². The van der Waals surface area contributed by atoms with Crippen molar-refractivity contribution in [1.82, 2.24) is 9.80 Å². The van der Waals surface area contributed by atoms with Gasteiger partial charge < -0.3 is 9.80 Å². The second-order valence-corrected chi connectivity index (χ2v) is 5.13. The summed E-state index contributed by atoms with van der Waals surface area (Å²) in [5.74, 6) is 0. The van der Waals surface area contributed by atoms with Gasteiger partial charge in [0.15, 0.2) is 0 Å². The van der Waals surface area contributed by atoms with Crippen molar-refractivity contribution in [1.29, 1.82) is 0 Å². The standard InChI is InChI=1S/C13H16N2/c1-2-6-13(7-3-1)14-8-11-4-5-12(10-14)15(13)9-11/h4-5,9-10H,1-3,6-8H2. The highest BCUT2D eigenvalue weighted by atomic mass is 15.5. The summed E-state index contributed by atoms with van der Waals surface area (Å²) in [4.78, 5) is 5.11. The van der Waals surface area contributed by atoms with Crippen LogP contribution in [0.25, 0.3) is 0 Å². The lowest BCUT2D eigenvalue weighted by atomic mass is 9.85. The third kappa shape index (κ3) is 0.858. The molecule has 1 spiro atoms. The third-order valence-electron chi connectivity index (χ3n) is 4.32. The zero-order chi connectivity index (χ0) is 9.88. The summed E-state index contributed by atoms with van der Waals surface area (Å²) in [6, 6.07) is 0. The van der Waals surface area contributed by atoms with E-state index in [0.29, 0.717) is 5.66 Å². The quantitative estimate of drug-likeness (QED) is 0.593. The maximum atomic E-state index is 2.58. The van der Waals surface area contributed by atoms with E-state index in [1.54, 1.807) is 0 Å². The minimum Gasteiger partial charge on any atom is -0.348 e. The Hall–Kier alpha value is -1.18. The van der Waals surface area contributed by atoms with Gasteiger partial charge >= 0.3 is 0 Å². The van der Waals surface area contributed by atoms with Crippen LogP contribution in [0.2, 0.25) is 0 Å². The molecule has 0 aromatic rings. The van der Waals surface area contributed by atoms with E-state index in [0.717, 1.165) is 6.54 Å². The molecule has 0 saturated heterocycles. The van der Waals surface area contributed by atoms with Gasteiger partial charge in [0, 0.05) is 18.9 Å². The lowest BCUT2D eigenvalue weighted by molar-refractivity contribution is 0.00938. The highest BCUT2D eigenvalue weighted by Crippen LogP contribution is 2.48. The number of allylic oxidation sites excluding steroid dienone is 1. The topological polar surface area (TPSA) is 6.48 Å². The van der Waals surface area contributed by atoms with Crippen molar-refractivity contribution in [2.75, 3.05) is 6.54 Å². The fourth-order valence-corrected chi connectivity index (χ4v) is 3.57. The molecule has 0 radical (unpaired) electrons. The largest absolute Gasteiger partial charge is 0.348 e. The van der Waals surface area contributed by atoms with E-state index in [-0.39, 0.29) is 0 Å². The second-order valence-electron chi connectivity index (χ2n) is 5.13. The molecule has 2 heteroatoms. The molecule has 3 aliphatic heterocycles. The summed E-state index contributed by atoms with van der Waals surface area (Å²) in [5.41, 5.74) is 3.20. The number of rotatable bonds is 0. The highest BCUT2D eigenvalue weighted by Gasteiger charge is 2.49. The summed E-state index contributed by atoms with van der Waals surface area (Å²) in [7, 11) is 0. The first-order chi connectivity index (χ1) is 7.38. The Bertz CT molecular complexity index is 397. The minimum atomic E-state index is 0.335. The van der Waals surface area contributed by atoms with E-state index in [4.69, 9.17) is 0 Å². The molecule has 15 heavy (non-hydrogen) atoms. The minimum absolute atomic E-state index is 0.335. The van der Waals surface area contributed by atoms with Crippen molar-refractivity contribution < 1.29 is 0 Å². The predicted molar refractivity (Wildman–Crippen MR) is 59.7 cm³/mol. The van der Waals surface area contributed by atoms with Gasteiger partial charge in [0.2, 0.25) is 0 Å². The van der Waals surface area contributed by atoms with E-state index < -0.39 is 0 Å². The molecule has 4 rings (SSSR count). The monoisotopic (exact) mass is 200 g/mol. The van der Waals surface area contributed by atoms with E-state index in [9.17, 15) is 0 Å². The first kappa shape index (κ1) is 8.03. The summed E-state index contributed by atoms with van der Waals surface area (Å²) in [6.07, 6.45) is 16.2. The molecule has 2 nitrogen and oxygen atoms in total. The normalized spacial score (nSPS) is 29.9. The van der Waals surface area contributed by atoms with Crippen LogP contribution in [0.4, 0.5) is 0 Å². The highest BCUT2D eigenvalue weighted by molar-refractivity contribution is 5.43. The molecule has 1 saturated carbocycles. The first-order valence-electron chi connectivity index (χ1n) is 6.05. The molecule has 0 aromatic heterocycles. The zero-order valence-corrected chi connectivity index (χ0v) is 8.95. The van der Waals surface area contributed by atoms with Gasteiger partial charge in [0.25, 0.3) is 0 Å². The van der Waals surface area contributed by atoms with Crippen LogP contribution in [0.3, 0.4) is 0 Å². The van der Waals surface area contributed by atoms with Gasteiger partial charge in [0.1, 0.15) is 5.66 Å². The van der Waals surface area contributed by atoms with Crippen LogP contribution in [-0.2, 0) is 0 Å². The molecular formula is C13H16N2. The molecule has 0 aromatic carbocycles. The Morgan fingerprint density at radius 1 is 1.00 bits per heavy atom. The third-order valence-corrected chi connectivity index (χ3v) is 4.32. The lowest BCUT2D eigenvalue weighted by Crippen LogP contribution is -2.56. The molecule has 4 aliphatic rings. The van der Waals surface area contributed by atoms with Crippen molar-refractivity contribution in [2.24, 2.45) is 0 Å². The van der Waals surface area contributed by atoms with E-state index >= 15 is 0 Å². The van der Waals surface area contributed by atoms with Crippen LogP contribution in [0.15, 0.2) is 35.8 Å². The van der Waals surface area contributed by atoms with Crippen molar-refractivity contribution in [3.05, 3.63) is 35.8 Å². The summed E-state index contributed by atoms with van der Waals surface area (Å²) < 4.78 is 0. The average Bonchev–Trinajstić information content (AvgIpc) is 2.51. The van der Waals surface area contributed by atoms with Crippen LogP contribution in [0.1, 0.15) is 32.1 Å². The molecule has 1 fully saturated rings. The Kier molecular flexibility index (Phi) is 1.33. The Balaban J connectivity index is 1.82. The molecule has 0 atom stereocenters. The average molecular weight is 200 g/mol. The van der Waals surface area contributed by atoms with Gasteiger partial charge in [-0.1, -0.05) is 12.5 Å². The number of nitrogens with zero attached hydrogens (tertiary/aromatic N) is 2. The SMILES string of the molecule is C1=CC2=CN3CC1=CN2C31CCCCC1. The lowest BCUT2D eigenvalue weighted by Gasteiger charge is -2.51. The smallest absolute Gasteiger partial charge is 0.117 e. The van der Waals surface area contributed by atoms with Gasteiger partial charge in [-0.15, -0.1) is 0 Å². The molecular weight excluding hydrogens is 184 g/mol. The number of hydrogen-bond acceptors (Lipinski definition) is 2. The van der Waals surface area contributed by atoms with Crippen LogP contribution < -0.4 is 0 Å². The Morgan fingerprint density at radius 3 is 2.73 bits per heavy atom. The predicted octanol–water partition coefficient (Wildman–Crippen LogP) is 2.57. The molecule has 3 bridgehead atoms. The second kappa shape index (κ2) is 2.49. The van der Waals surface area contributed by atoms with E-state index in [1.807, 2.05) is 0 Å². The fraction of sp³-hybridized carbons (Fsp3) is 0.538. The van der Waals surface area contributed by atoms with Gasteiger partial charge in [-0.2, -0.15) is 0 Å². The van der Waals surface area contributed by atoms with Crippen molar-refractivity contribution in [3.8, 4) is 0 Å². The fourth-order valence-electron chi connectivity index (χ4n) is 3.57. The Labute approximate surface area is 90.5 Å². The van der Waals surface area contributed by atoms with Crippen LogP contribution in [0, 0.1) is 0 Å². The summed E-state index contributed by atoms with van der Waals surface area (Å²) in [6.45, 7) is 1.12. The molecule has 78 valence electrons. The van der Waals surface area contributed by atoms with Gasteiger partial charge in [0.05, 0.1) is 5.70 Å². The maximum absolute atomic E-state index is 2.58.